The van der Waals surface area contributed by atoms with E-state index in [1.54, 1.807) is 6.07 Å². The molecule has 0 aliphatic carbocycles. The molecule has 1 aromatic carbocycles. The van der Waals surface area contributed by atoms with Crippen molar-refractivity contribution in [3.8, 4) is 6.07 Å². The standard InChI is InChI=1S/C7H4BrFN2/c8-5-1-4(3-10)6(9)2-7(5)11/h1-2H,11H2. The average molecular weight is 215 g/mol. The molecule has 2 nitrogen and oxygen atoms in total. The Morgan fingerprint density at radius 3 is 2.73 bits per heavy atom. The van der Waals surface area contributed by atoms with Gasteiger partial charge in [0.05, 0.1) is 5.56 Å². The molecule has 4 heteroatoms. The SMILES string of the molecule is N#Cc1cc(Br)c(N)cc1F. The quantitative estimate of drug-likeness (QED) is 0.673. The number of halogens is 2. The summed E-state index contributed by atoms with van der Waals surface area (Å²) < 4.78 is 13.2. The molecule has 0 saturated carbocycles. The van der Waals surface area contributed by atoms with E-state index in [9.17, 15) is 4.39 Å². The number of nitrogen functional groups attached to an aromatic ring is 1. The topological polar surface area (TPSA) is 49.8 Å². The van der Waals surface area contributed by atoms with Crippen LogP contribution < -0.4 is 5.73 Å². The van der Waals surface area contributed by atoms with Gasteiger partial charge in [0.15, 0.2) is 0 Å². The number of nitriles is 1. The van der Waals surface area contributed by atoms with Crippen molar-refractivity contribution in [2.75, 3.05) is 5.73 Å². The molecule has 0 aliphatic heterocycles. The molecule has 0 fully saturated rings. The van der Waals surface area contributed by atoms with Crippen LogP contribution in [0.1, 0.15) is 5.56 Å². The molecule has 0 heterocycles. The molecule has 56 valence electrons. The van der Waals surface area contributed by atoms with Gasteiger partial charge < -0.3 is 5.73 Å². The van der Waals surface area contributed by atoms with Gasteiger partial charge in [0, 0.05) is 10.2 Å². The smallest absolute Gasteiger partial charge is 0.143 e. The maximum atomic E-state index is 12.7. The largest absolute Gasteiger partial charge is 0.398 e. The van der Waals surface area contributed by atoms with E-state index in [4.69, 9.17) is 11.0 Å². The first-order valence-electron chi connectivity index (χ1n) is 2.79. The van der Waals surface area contributed by atoms with Crippen LogP contribution in [-0.4, -0.2) is 0 Å². The van der Waals surface area contributed by atoms with Gasteiger partial charge in [-0.15, -0.1) is 0 Å². The van der Waals surface area contributed by atoms with E-state index in [-0.39, 0.29) is 5.56 Å². The summed E-state index contributed by atoms with van der Waals surface area (Å²) in [6.45, 7) is 0. The average Bonchev–Trinajstić information content (AvgIpc) is 1.97. The third kappa shape index (κ3) is 1.49. The fourth-order valence-electron chi connectivity index (χ4n) is 0.648. The fraction of sp³-hybridized carbons (Fsp3) is 0. The molecule has 1 aromatic rings. The summed E-state index contributed by atoms with van der Waals surface area (Å²) in [7, 11) is 0. The van der Waals surface area contributed by atoms with Crippen LogP contribution in [0.3, 0.4) is 0 Å². The lowest BCUT2D eigenvalue weighted by molar-refractivity contribution is 0.624. The first-order valence-corrected chi connectivity index (χ1v) is 3.59. The second kappa shape index (κ2) is 2.89. The zero-order valence-electron chi connectivity index (χ0n) is 5.44. The first kappa shape index (κ1) is 8.02. The minimum atomic E-state index is -0.590. The Morgan fingerprint density at radius 1 is 1.55 bits per heavy atom. The van der Waals surface area contributed by atoms with Crippen molar-refractivity contribution in [2.24, 2.45) is 0 Å². The zero-order chi connectivity index (χ0) is 8.43. The summed E-state index contributed by atoms with van der Waals surface area (Å²) in [5, 5.41) is 8.38. The van der Waals surface area contributed by atoms with E-state index in [1.807, 2.05) is 0 Å². The van der Waals surface area contributed by atoms with Gasteiger partial charge in [-0.25, -0.2) is 4.39 Å². The molecule has 1 rings (SSSR count). The second-order valence-corrected chi connectivity index (χ2v) is 2.82. The highest BCUT2D eigenvalue weighted by Crippen LogP contribution is 2.22. The van der Waals surface area contributed by atoms with Crippen LogP contribution in [-0.2, 0) is 0 Å². The fourth-order valence-corrected chi connectivity index (χ4v) is 0.991. The summed E-state index contributed by atoms with van der Waals surface area (Å²) >= 11 is 3.08. The second-order valence-electron chi connectivity index (χ2n) is 1.97. The number of benzene rings is 1. The van der Waals surface area contributed by atoms with Crippen LogP contribution in [0.5, 0.6) is 0 Å². The van der Waals surface area contributed by atoms with E-state index in [0.717, 1.165) is 6.07 Å². The van der Waals surface area contributed by atoms with E-state index in [0.29, 0.717) is 10.2 Å². The highest BCUT2D eigenvalue weighted by atomic mass is 79.9. The molecular formula is C7H4BrFN2. The zero-order valence-corrected chi connectivity index (χ0v) is 7.02. The molecule has 0 aromatic heterocycles. The molecule has 11 heavy (non-hydrogen) atoms. The highest BCUT2D eigenvalue weighted by Gasteiger charge is 2.04. The van der Waals surface area contributed by atoms with Crippen molar-refractivity contribution in [1.82, 2.24) is 0 Å². The Bertz CT molecular complexity index is 330. The number of hydrogen-bond acceptors (Lipinski definition) is 2. The Morgan fingerprint density at radius 2 is 2.18 bits per heavy atom. The Labute approximate surface area is 71.6 Å². The van der Waals surface area contributed by atoms with Gasteiger partial charge in [-0.1, -0.05) is 0 Å². The van der Waals surface area contributed by atoms with Crippen LogP contribution in [0.15, 0.2) is 16.6 Å². The van der Waals surface area contributed by atoms with Gasteiger partial charge in [0.2, 0.25) is 0 Å². The molecule has 0 radical (unpaired) electrons. The lowest BCUT2D eigenvalue weighted by Crippen LogP contribution is -1.91. The molecule has 0 saturated heterocycles. The maximum Gasteiger partial charge on any atom is 0.143 e. The first-order chi connectivity index (χ1) is 5.15. The van der Waals surface area contributed by atoms with Crippen molar-refractivity contribution in [1.29, 1.82) is 5.26 Å². The van der Waals surface area contributed by atoms with Crippen molar-refractivity contribution in [2.45, 2.75) is 0 Å². The van der Waals surface area contributed by atoms with E-state index in [2.05, 4.69) is 15.9 Å². The number of rotatable bonds is 0. The maximum absolute atomic E-state index is 12.7. The monoisotopic (exact) mass is 214 g/mol. The molecule has 0 unspecified atom stereocenters. The minimum Gasteiger partial charge on any atom is -0.398 e. The Hall–Kier alpha value is -1.08. The number of hydrogen-bond donors (Lipinski definition) is 1. The van der Waals surface area contributed by atoms with E-state index in [1.165, 1.54) is 6.07 Å². The van der Waals surface area contributed by atoms with Crippen molar-refractivity contribution in [3.05, 3.63) is 28.0 Å². The molecule has 2 N–H and O–H groups in total. The molecule has 0 bridgehead atoms. The number of nitrogens with two attached hydrogens (primary N) is 1. The molecular weight excluding hydrogens is 211 g/mol. The Balaban J connectivity index is 3.35. The predicted octanol–water partition coefficient (Wildman–Crippen LogP) is 2.04. The van der Waals surface area contributed by atoms with Gasteiger partial charge in [-0.2, -0.15) is 5.26 Å². The van der Waals surface area contributed by atoms with E-state index < -0.39 is 5.82 Å². The van der Waals surface area contributed by atoms with Gasteiger partial charge in [-0.05, 0) is 28.1 Å². The number of nitrogens with zero attached hydrogens (tertiary/aromatic N) is 1. The third-order valence-electron chi connectivity index (χ3n) is 1.21. The molecule has 0 spiro atoms. The lowest BCUT2D eigenvalue weighted by atomic mass is 10.2. The summed E-state index contributed by atoms with van der Waals surface area (Å²) in [6.07, 6.45) is 0. The minimum absolute atomic E-state index is 0.00826. The number of anilines is 1. The molecule has 0 aliphatic rings. The molecule has 0 atom stereocenters. The van der Waals surface area contributed by atoms with Gasteiger partial charge in [0.25, 0.3) is 0 Å². The van der Waals surface area contributed by atoms with Crippen LogP contribution in [0.2, 0.25) is 0 Å². The summed E-state index contributed by atoms with van der Waals surface area (Å²) in [5.74, 6) is -0.590. The molecule has 0 amide bonds. The van der Waals surface area contributed by atoms with Crippen LogP contribution >= 0.6 is 15.9 Å². The normalized spacial score (nSPS) is 9.18. The highest BCUT2D eigenvalue weighted by molar-refractivity contribution is 9.10. The van der Waals surface area contributed by atoms with Gasteiger partial charge >= 0.3 is 0 Å². The summed E-state index contributed by atoms with van der Waals surface area (Å²) in [6, 6.07) is 4.17. The van der Waals surface area contributed by atoms with Crippen LogP contribution in [0, 0.1) is 17.1 Å². The Kier molecular flexibility index (Phi) is 2.11. The van der Waals surface area contributed by atoms with E-state index >= 15 is 0 Å². The van der Waals surface area contributed by atoms with Gasteiger partial charge in [-0.3, -0.25) is 0 Å². The van der Waals surface area contributed by atoms with Gasteiger partial charge in [0.1, 0.15) is 11.9 Å². The van der Waals surface area contributed by atoms with Crippen molar-refractivity contribution < 1.29 is 4.39 Å². The van der Waals surface area contributed by atoms with Crippen molar-refractivity contribution in [3.63, 3.8) is 0 Å². The van der Waals surface area contributed by atoms with Crippen LogP contribution in [0.4, 0.5) is 10.1 Å². The summed E-state index contributed by atoms with van der Waals surface area (Å²) in [4.78, 5) is 0. The van der Waals surface area contributed by atoms with Crippen molar-refractivity contribution >= 4 is 21.6 Å². The summed E-state index contributed by atoms with van der Waals surface area (Å²) in [5.41, 5.74) is 5.63. The third-order valence-corrected chi connectivity index (χ3v) is 1.89. The predicted molar refractivity (Wildman–Crippen MR) is 43.2 cm³/mol. The lowest BCUT2D eigenvalue weighted by Gasteiger charge is -1.98. The van der Waals surface area contributed by atoms with Crippen LogP contribution in [0.25, 0.3) is 0 Å².